The zero-order valence-electron chi connectivity index (χ0n) is 8.76. The molecular formula is C11H23NO. The van der Waals surface area contributed by atoms with Crippen molar-refractivity contribution in [2.24, 2.45) is 5.92 Å². The van der Waals surface area contributed by atoms with Gasteiger partial charge in [-0.2, -0.15) is 0 Å². The van der Waals surface area contributed by atoms with Crippen molar-refractivity contribution in [3.63, 3.8) is 0 Å². The van der Waals surface area contributed by atoms with Crippen LogP contribution in [-0.2, 0) is 0 Å². The lowest BCUT2D eigenvalue weighted by Gasteiger charge is -2.17. The van der Waals surface area contributed by atoms with Crippen molar-refractivity contribution < 1.29 is 5.11 Å². The van der Waals surface area contributed by atoms with Gasteiger partial charge in [-0.25, -0.2) is 0 Å². The fourth-order valence-electron chi connectivity index (χ4n) is 2.00. The summed E-state index contributed by atoms with van der Waals surface area (Å²) in [5.74, 6) is 0.858. The molecule has 0 radical (unpaired) electrons. The first-order valence-electron chi connectivity index (χ1n) is 5.67. The highest BCUT2D eigenvalue weighted by Crippen LogP contribution is 2.22. The Labute approximate surface area is 81.7 Å². The summed E-state index contributed by atoms with van der Waals surface area (Å²) < 4.78 is 0. The molecule has 2 N–H and O–H groups in total. The van der Waals surface area contributed by atoms with E-state index in [0.29, 0.717) is 0 Å². The van der Waals surface area contributed by atoms with Crippen molar-refractivity contribution >= 4 is 0 Å². The summed E-state index contributed by atoms with van der Waals surface area (Å²) in [6.07, 6.45) is 8.41. The van der Waals surface area contributed by atoms with E-state index in [1.165, 1.54) is 38.5 Å². The molecule has 0 amide bonds. The Morgan fingerprint density at radius 2 is 1.85 bits per heavy atom. The minimum atomic E-state index is 0.257. The number of nitrogens with one attached hydrogen (secondary N) is 1. The van der Waals surface area contributed by atoms with E-state index in [0.717, 1.165) is 12.5 Å². The van der Waals surface area contributed by atoms with Crippen molar-refractivity contribution in [3.05, 3.63) is 0 Å². The highest BCUT2D eigenvalue weighted by Gasteiger charge is 2.12. The van der Waals surface area contributed by atoms with E-state index < -0.39 is 0 Å². The molecule has 1 atom stereocenters. The summed E-state index contributed by atoms with van der Waals surface area (Å²) in [6, 6.07) is 0.267. The maximum atomic E-state index is 8.86. The molecule has 0 aromatic rings. The van der Waals surface area contributed by atoms with E-state index in [9.17, 15) is 0 Å². The summed E-state index contributed by atoms with van der Waals surface area (Å²) in [4.78, 5) is 0. The van der Waals surface area contributed by atoms with Gasteiger partial charge in [-0.05, 0) is 32.2 Å². The smallest absolute Gasteiger partial charge is 0.0581 e. The van der Waals surface area contributed by atoms with Gasteiger partial charge in [0.05, 0.1) is 6.61 Å². The van der Waals surface area contributed by atoms with Gasteiger partial charge in [0, 0.05) is 6.04 Å². The van der Waals surface area contributed by atoms with E-state index >= 15 is 0 Å². The fourth-order valence-corrected chi connectivity index (χ4v) is 2.00. The number of hydrogen-bond acceptors (Lipinski definition) is 2. The molecule has 0 saturated heterocycles. The molecule has 78 valence electrons. The van der Waals surface area contributed by atoms with E-state index in [1.807, 2.05) is 6.92 Å². The van der Waals surface area contributed by atoms with Gasteiger partial charge >= 0.3 is 0 Å². The van der Waals surface area contributed by atoms with Gasteiger partial charge < -0.3 is 10.4 Å². The largest absolute Gasteiger partial charge is 0.395 e. The molecule has 13 heavy (non-hydrogen) atoms. The maximum Gasteiger partial charge on any atom is 0.0581 e. The van der Waals surface area contributed by atoms with E-state index in [-0.39, 0.29) is 12.6 Å². The van der Waals surface area contributed by atoms with Crippen LogP contribution < -0.4 is 5.32 Å². The zero-order valence-corrected chi connectivity index (χ0v) is 8.76. The van der Waals surface area contributed by atoms with Crippen LogP contribution in [0.3, 0.4) is 0 Å². The van der Waals surface area contributed by atoms with Crippen LogP contribution in [0.15, 0.2) is 0 Å². The standard InChI is InChI=1S/C11H23NO/c1-10(9-13)12-8-11-6-4-2-3-5-7-11/h10-13H,2-9H2,1H3/t10-/m1/s1. The summed E-state index contributed by atoms with van der Waals surface area (Å²) in [6.45, 7) is 3.39. The van der Waals surface area contributed by atoms with Crippen molar-refractivity contribution in [2.45, 2.75) is 51.5 Å². The predicted octanol–water partition coefficient (Wildman–Crippen LogP) is 1.93. The molecule has 1 aliphatic carbocycles. The molecule has 0 heterocycles. The second-order valence-electron chi connectivity index (χ2n) is 4.35. The normalized spacial score (nSPS) is 22.6. The Morgan fingerprint density at radius 3 is 2.38 bits per heavy atom. The molecule has 2 heteroatoms. The minimum absolute atomic E-state index is 0.257. The van der Waals surface area contributed by atoms with Crippen molar-refractivity contribution in [2.75, 3.05) is 13.2 Å². The molecule has 0 aromatic heterocycles. The summed E-state index contributed by atoms with van der Waals surface area (Å²) in [7, 11) is 0. The molecule has 1 rings (SSSR count). The fraction of sp³-hybridized carbons (Fsp3) is 1.00. The molecule has 0 aliphatic heterocycles. The van der Waals surface area contributed by atoms with Crippen LogP contribution in [0.2, 0.25) is 0 Å². The first-order valence-corrected chi connectivity index (χ1v) is 5.67. The quantitative estimate of drug-likeness (QED) is 0.656. The van der Waals surface area contributed by atoms with Crippen molar-refractivity contribution in [1.29, 1.82) is 0 Å². The lowest BCUT2D eigenvalue weighted by molar-refractivity contribution is 0.243. The number of hydrogen-bond donors (Lipinski definition) is 2. The first kappa shape index (κ1) is 11.0. The Bertz CT molecular complexity index is 119. The van der Waals surface area contributed by atoms with Crippen LogP contribution >= 0.6 is 0 Å². The van der Waals surface area contributed by atoms with Gasteiger partial charge in [-0.15, -0.1) is 0 Å². The Hall–Kier alpha value is -0.0800. The number of aliphatic hydroxyl groups is 1. The molecule has 1 fully saturated rings. The van der Waals surface area contributed by atoms with E-state index in [4.69, 9.17) is 5.11 Å². The molecule has 0 aromatic carbocycles. The monoisotopic (exact) mass is 185 g/mol. The predicted molar refractivity (Wildman–Crippen MR) is 55.7 cm³/mol. The van der Waals surface area contributed by atoms with Crippen LogP contribution in [0, 0.1) is 5.92 Å². The van der Waals surface area contributed by atoms with Crippen molar-refractivity contribution in [3.8, 4) is 0 Å². The molecule has 0 spiro atoms. The average Bonchev–Trinajstić information content (AvgIpc) is 2.42. The van der Waals surface area contributed by atoms with Crippen LogP contribution in [0.1, 0.15) is 45.4 Å². The molecule has 0 unspecified atom stereocenters. The van der Waals surface area contributed by atoms with Crippen LogP contribution in [0.4, 0.5) is 0 Å². The molecular weight excluding hydrogens is 162 g/mol. The zero-order chi connectivity index (χ0) is 9.52. The number of aliphatic hydroxyl groups excluding tert-OH is 1. The third-order valence-electron chi connectivity index (χ3n) is 3.00. The van der Waals surface area contributed by atoms with Gasteiger partial charge in [0.25, 0.3) is 0 Å². The minimum Gasteiger partial charge on any atom is -0.395 e. The molecule has 2 nitrogen and oxygen atoms in total. The summed E-state index contributed by atoms with van der Waals surface area (Å²) >= 11 is 0. The molecule has 1 aliphatic rings. The second-order valence-corrected chi connectivity index (χ2v) is 4.35. The van der Waals surface area contributed by atoms with Crippen LogP contribution in [0.5, 0.6) is 0 Å². The highest BCUT2D eigenvalue weighted by molar-refractivity contribution is 4.69. The Kier molecular flexibility index (Phi) is 5.40. The van der Waals surface area contributed by atoms with Gasteiger partial charge in [-0.1, -0.05) is 25.7 Å². The molecule has 0 bridgehead atoms. The van der Waals surface area contributed by atoms with Gasteiger partial charge in [0.15, 0.2) is 0 Å². The second kappa shape index (κ2) is 6.39. The summed E-state index contributed by atoms with van der Waals surface area (Å²) in [5, 5.41) is 12.2. The van der Waals surface area contributed by atoms with E-state index in [2.05, 4.69) is 5.32 Å². The van der Waals surface area contributed by atoms with Gasteiger partial charge in [0.2, 0.25) is 0 Å². The third kappa shape index (κ3) is 4.63. The third-order valence-corrected chi connectivity index (χ3v) is 3.00. The first-order chi connectivity index (χ1) is 6.33. The highest BCUT2D eigenvalue weighted by atomic mass is 16.3. The van der Waals surface area contributed by atoms with Crippen LogP contribution in [0.25, 0.3) is 0 Å². The van der Waals surface area contributed by atoms with Crippen LogP contribution in [-0.4, -0.2) is 24.3 Å². The Morgan fingerprint density at radius 1 is 1.23 bits per heavy atom. The lowest BCUT2D eigenvalue weighted by atomic mass is 10.0. The van der Waals surface area contributed by atoms with Gasteiger partial charge in [-0.3, -0.25) is 0 Å². The van der Waals surface area contributed by atoms with Gasteiger partial charge in [0.1, 0.15) is 0 Å². The topological polar surface area (TPSA) is 32.3 Å². The molecule has 1 saturated carbocycles. The Balaban J connectivity index is 2.11. The van der Waals surface area contributed by atoms with Crippen molar-refractivity contribution in [1.82, 2.24) is 5.32 Å². The number of rotatable bonds is 4. The maximum absolute atomic E-state index is 8.86. The lowest BCUT2D eigenvalue weighted by Crippen LogP contribution is -2.33. The average molecular weight is 185 g/mol. The van der Waals surface area contributed by atoms with E-state index in [1.54, 1.807) is 0 Å². The summed E-state index contributed by atoms with van der Waals surface area (Å²) in [5.41, 5.74) is 0. The SMILES string of the molecule is C[C@H](CO)NCC1CCCCCC1.